The van der Waals surface area contributed by atoms with E-state index >= 15 is 0 Å². The zero-order chi connectivity index (χ0) is 10.6. The van der Waals surface area contributed by atoms with Crippen LogP contribution in [0.2, 0.25) is 0 Å². The summed E-state index contributed by atoms with van der Waals surface area (Å²) in [6.45, 7) is 2.00. The van der Waals surface area contributed by atoms with E-state index < -0.39 is 6.16 Å². The second kappa shape index (κ2) is 5.26. The highest BCUT2D eigenvalue weighted by Crippen LogP contribution is 2.33. The largest absolute Gasteiger partial charge is 0.410 e. The molecule has 0 fully saturated rings. The highest BCUT2D eigenvalue weighted by atomic mass is 33.1. The van der Waals surface area contributed by atoms with Crippen molar-refractivity contribution < 1.29 is 9.18 Å². The van der Waals surface area contributed by atoms with Crippen LogP contribution >= 0.6 is 21.8 Å². The smallest absolute Gasteiger partial charge is 0.251 e. The average Bonchev–Trinajstić information content (AvgIpc) is 2.16. The lowest BCUT2D eigenvalue weighted by atomic mass is 10.2. The van der Waals surface area contributed by atoms with Crippen molar-refractivity contribution in [3.63, 3.8) is 0 Å². The van der Waals surface area contributed by atoms with Gasteiger partial charge in [0.05, 0.1) is 0 Å². The Bertz CT molecular complexity index is 315. The highest BCUT2D eigenvalue weighted by molar-refractivity contribution is 8.75. The Morgan fingerprint density at radius 2 is 1.93 bits per heavy atom. The average molecular weight is 231 g/mol. The zero-order valence-electron chi connectivity index (χ0n) is 7.86. The van der Waals surface area contributed by atoms with E-state index in [1.165, 1.54) is 23.4 Å². The first-order chi connectivity index (χ1) is 6.59. The minimum absolute atomic E-state index is 0.949. The molecule has 0 aliphatic heterocycles. The van der Waals surface area contributed by atoms with Crippen LogP contribution in [0.4, 0.5) is 9.18 Å². The lowest BCUT2D eigenvalue weighted by molar-refractivity contribution is 0.210. The Balaban J connectivity index is 2.46. The fourth-order valence-electron chi connectivity index (χ4n) is 0.722. The first kappa shape index (κ1) is 11.4. The molecule has 0 radical (unpaired) electrons. The molecule has 76 valence electrons. The number of carbonyl (C=O) groups excluding carboxylic acids is 1. The van der Waals surface area contributed by atoms with Gasteiger partial charge in [-0.1, -0.05) is 17.7 Å². The van der Waals surface area contributed by atoms with Crippen LogP contribution in [0.5, 0.6) is 0 Å². The van der Waals surface area contributed by atoms with Crippen LogP contribution in [-0.4, -0.2) is 17.5 Å². The Hall–Kier alpha value is -0.680. The van der Waals surface area contributed by atoms with Crippen LogP contribution in [-0.2, 0) is 0 Å². The lowest BCUT2D eigenvalue weighted by Gasteiger charge is -2.08. The Kier molecular flexibility index (Phi) is 4.28. The van der Waals surface area contributed by atoms with Gasteiger partial charge < -0.3 is 0 Å². The third kappa shape index (κ3) is 3.59. The van der Waals surface area contributed by atoms with Gasteiger partial charge in [0.25, 0.3) is 0 Å². The topological polar surface area (TPSA) is 20.3 Å². The fraction of sp³-hybridized carbons (Fsp3) is 0.222. The van der Waals surface area contributed by atoms with E-state index in [0.717, 1.165) is 20.2 Å². The van der Waals surface area contributed by atoms with Gasteiger partial charge in [0, 0.05) is 22.9 Å². The minimum Gasteiger partial charge on any atom is -0.251 e. The monoisotopic (exact) mass is 231 g/mol. The van der Waals surface area contributed by atoms with Crippen molar-refractivity contribution in [2.75, 3.05) is 7.05 Å². The fourth-order valence-corrected chi connectivity index (χ4v) is 2.33. The van der Waals surface area contributed by atoms with Crippen LogP contribution in [0.25, 0.3) is 0 Å². The first-order valence-corrected chi connectivity index (χ1v) is 6.05. The normalized spacial score (nSPS) is 9.93. The first-order valence-electron chi connectivity index (χ1n) is 3.94. The number of hydrogen-bond acceptors (Lipinski definition) is 3. The standard InChI is InChI=1S/C9H10FNOS2/c1-7-3-5-8(6-4-7)13-14-11(2)9(10)12/h3-6H,1-2H3. The van der Waals surface area contributed by atoms with E-state index in [9.17, 15) is 9.18 Å². The number of amides is 1. The molecule has 0 saturated heterocycles. The molecular formula is C9H10FNOS2. The maximum atomic E-state index is 12.1. The molecule has 14 heavy (non-hydrogen) atoms. The van der Waals surface area contributed by atoms with Gasteiger partial charge in [-0.05, 0) is 29.9 Å². The molecule has 0 unspecified atom stereocenters. The van der Waals surface area contributed by atoms with Gasteiger partial charge >= 0.3 is 6.16 Å². The number of carbonyl (C=O) groups is 1. The van der Waals surface area contributed by atoms with Crippen LogP contribution in [0, 0.1) is 6.92 Å². The van der Waals surface area contributed by atoms with Gasteiger partial charge in [0.15, 0.2) is 0 Å². The van der Waals surface area contributed by atoms with Crippen LogP contribution in [0.1, 0.15) is 5.56 Å². The molecule has 5 heteroatoms. The summed E-state index contributed by atoms with van der Waals surface area (Å²) in [4.78, 5) is 11.2. The Labute approximate surface area is 90.4 Å². The summed E-state index contributed by atoms with van der Waals surface area (Å²) in [6, 6.07) is 7.81. The molecule has 0 saturated carbocycles. The number of hydrogen-bond donors (Lipinski definition) is 0. The molecule has 0 heterocycles. The van der Waals surface area contributed by atoms with Crippen molar-refractivity contribution in [1.29, 1.82) is 0 Å². The zero-order valence-corrected chi connectivity index (χ0v) is 9.49. The molecule has 1 amide bonds. The van der Waals surface area contributed by atoms with Crippen molar-refractivity contribution in [3.8, 4) is 0 Å². The predicted molar refractivity (Wildman–Crippen MR) is 58.9 cm³/mol. The van der Waals surface area contributed by atoms with E-state index in [0.29, 0.717) is 0 Å². The third-order valence-electron chi connectivity index (χ3n) is 1.51. The van der Waals surface area contributed by atoms with Crippen LogP contribution in [0.15, 0.2) is 29.2 Å². The molecule has 1 aromatic carbocycles. The van der Waals surface area contributed by atoms with E-state index in [1.807, 2.05) is 31.2 Å². The highest BCUT2D eigenvalue weighted by Gasteiger charge is 2.07. The van der Waals surface area contributed by atoms with Crippen LogP contribution in [0.3, 0.4) is 0 Å². The van der Waals surface area contributed by atoms with Crippen molar-refractivity contribution in [1.82, 2.24) is 4.31 Å². The lowest BCUT2D eigenvalue weighted by Crippen LogP contribution is -2.10. The number of nitrogens with zero attached hydrogens (tertiary/aromatic N) is 1. The summed E-state index contributed by atoms with van der Waals surface area (Å²) in [5.74, 6) is 0. The summed E-state index contributed by atoms with van der Waals surface area (Å²) in [7, 11) is 3.81. The molecule has 0 aromatic heterocycles. The molecule has 0 atom stereocenters. The van der Waals surface area contributed by atoms with Gasteiger partial charge in [-0.25, -0.2) is 4.79 Å². The molecule has 0 N–H and O–H groups in total. The molecule has 0 spiro atoms. The Morgan fingerprint density at radius 3 is 2.43 bits per heavy atom. The molecule has 0 aliphatic carbocycles. The second-order valence-corrected chi connectivity index (χ2v) is 5.00. The third-order valence-corrected chi connectivity index (χ3v) is 3.89. The molecule has 0 aliphatic rings. The van der Waals surface area contributed by atoms with Gasteiger partial charge in [-0.15, -0.1) is 4.39 Å². The summed E-state index contributed by atoms with van der Waals surface area (Å²) in [5, 5.41) is 0. The van der Waals surface area contributed by atoms with E-state index in [1.54, 1.807) is 0 Å². The number of benzene rings is 1. The number of halogens is 1. The quantitative estimate of drug-likeness (QED) is 0.342. The van der Waals surface area contributed by atoms with Gasteiger partial charge in [-0.2, -0.15) is 0 Å². The van der Waals surface area contributed by atoms with E-state index in [-0.39, 0.29) is 0 Å². The molecular weight excluding hydrogens is 221 g/mol. The van der Waals surface area contributed by atoms with E-state index in [4.69, 9.17) is 0 Å². The summed E-state index contributed by atoms with van der Waals surface area (Å²) >= 11 is 0. The van der Waals surface area contributed by atoms with Crippen molar-refractivity contribution in [3.05, 3.63) is 29.8 Å². The molecule has 1 aromatic rings. The van der Waals surface area contributed by atoms with Crippen molar-refractivity contribution in [2.45, 2.75) is 11.8 Å². The Morgan fingerprint density at radius 1 is 1.36 bits per heavy atom. The van der Waals surface area contributed by atoms with Crippen LogP contribution < -0.4 is 0 Å². The number of rotatable bonds is 3. The summed E-state index contributed by atoms with van der Waals surface area (Å²) in [6.07, 6.45) is -1.44. The molecule has 0 bridgehead atoms. The maximum Gasteiger partial charge on any atom is 0.410 e. The van der Waals surface area contributed by atoms with Crippen molar-refractivity contribution in [2.24, 2.45) is 0 Å². The van der Waals surface area contributed by atoms with Gasteiger partial charge in [0.1, 0.15) is 0 Å². The van der Waals surface area contributed by atoms with Crippen molar-refractivity contribution >= 4 is 27.9 Å². The minimum atomic E-state index is -1.44. The summed E-state index contributed by atoms with van der Waals surface area (Å²) < 4.78 is 13.1. The SMILES string of the molecule is Cc1ccc(SSN(C)C(=O)F)cc1. The number of aryl methyl sites for hydroxylation is 1. The van der Waals surface area contributed by atoms with Gasteiger partial charge in [0.2, 0.25) is 0 Å². The second-order valence-electron chi connectivity index (χ2n) is 2.72. The summed E-state index contributed by atoms with van der Waals surface area (Å²) in [5.41, 5.74) is 1.18. The van der Waals surface area contributed by atoms with E-state index in [2.05, 4.69) is 0 Å². The molecule has 1 rings (SSSR count). The predicted octanol–water partition coefficient (Wildman–Crippen LogP) is 3.67. The van der Waals surface area contributed by atoms with Gasteiger partial charge in [-0.3, -0.25) is 4.31 Å². The molecule has 2 nitrogen and oxygen atoms in total. The maximum absolute atomic E-state index is 12.1.